The van der Waals surface area contributed by atoms with Gasteiger partial charge in [0.05, 0.1) is 0 Å². The van der Waals surface area contributed by atoms with Gasteiger partial charge in [0.1, 0.15) is 5.82 Å². The molecule has 1 aromatic rings. The fourth-order valence-corrected chi connectivity index (χ4v) is 3.26. The Morgan fingerprint density at radius 3 is 2.85 bits per heavy atom. The summed E-state index contributed by atoms with van der Waals surface area (Å²) in [5, 5.41) is 0. The minimum atomic E-state index is -0.223. The van der Waals surface area contributed by atoms with Crippen LogP contribution in [0.4, 0.5) is 4.39 Å². The van der Waals surface area contributed by atoms with Gasteiger partial charge in [-0.05, 0) is 44.3 Å². The number of hydrogen-bond donors (Lipinski definition) is 1. The molecule has 3 heteroatoms. The van der Waals surface area contributed by atoms with Crippen molar-refractivity contribution in [1.29, 1.82) is 0 Å². The van der Waals surface area contributed by atoms with E-state index in [-0.39, 0.29) is 11.9 Å². The number of nitrogens with zero attached hydrogens (tertiary/aromatic N) is 1. The van der Waals surface area contributed by atoms with Crippen LogP contribution in [0.25, 0.3) is 0 Å². The summed E-state index contributed by atoms with van der Waals surface area (Å²) in [5.41, 5.74) is 6.83. The molecular formula is C17H27FN2. The second-order valence-electron chi connectivity index (χ2n) is 6.01. The summed E-state index contributed by atoms with van der Waals surface area (Å²) in [6, 6.07) is 6.65. The Balaban J connectivity index is 1.88. The van der Waals surface area contributed by atoms with Gasteiger partial charge in [0.2, 0.25) is 0 Å². The molecule has 0 aliphatic carbocycles. The molecule has 2 rings (SSSR count). The van der Waals surface area contributed by atoms with Crippen molar-refractivity contribution in [2.75, 3.05) is 19.6 Å². The maximum Gasteiger partial charge on any atom is 0.128 e. The molecule has 1 aliphatic heterocycles. The van der Waals surface area contributed by atoms with E-state index in [1.54, 1.807) is 12.1 Å². The molecule has 20 heavy (non-hydrogen) atoms. The predicted octanol–water partition coefficient (Wildman–Crippen LogP) is 3.73. The van der Waals surface area contributed by atoms with E-state index >= 15 is 0 Å². The number of halogens is 1. The van der Waals surface area contributed by atoms with Gasteiger partial charge in [0.15, 0.2) is 0 Å². The van der Waals surface area contributed by atoms with Gasteiger partial charge < -0.3 is 10.6 Å². The van der Waals surface area contributed by atoms with E-state index in [1.807, 2.05) is 6.07 Å². The highest BCUT2D eigenvalue weighted by molar-refractivity contribution is 5.21. The summed E-state index contributed by atoms with van der Waals surface area (Å²) >= 11 is 0. The highest BCUT2D eigenvalue weighted by Gasteiger charge is 2.19. The lowest BCUT2D eigenvalue weighted by molar-refractivity contribution is 0.261. The molecule has 2 N–H and O–H groups in total. The van der Waals surface area contributed by atoms with Gasteiger partial charge >= 0.3 is 0 Å². The number of hydrogen-bond acceptors (Lipinski definition) is 2. The summed E-state index contributed by atoms with van der Waals surface area (Å²) in [4.78, 5) is 2.41. The Kier molecular flexibility index (Phi) is 5.99. The Hall–Kier alpha value is -0.930. The van der Waals surface area contributed by atoms with Crippen molar-refractivity contribution in [2.24, 2.45) is 11.7 Å². The minimum absolute atomic E-state index is 0.182. The monoisotopic (exact) mass is 278 g/mol. The summed E-state index contributed by atoms with van der Waals surface area (Å²) < 4.78 is 13.7. The Morgan fingerprint density at radius 2 is 2.10 bits per heavy atom. The third-order valence-electron chi connectivity index (χ3n) is 4.40. The topological polar surface area (TPSA) is 29.3 Å². The van der Waals surface area contributed by atoms with Gasteiger partial charge in [-0.25, -0.2) is 4.39 Å². The van der Waals surface area contributed by atoms with Crippen LogP contribution in [0.1, 0.15) is 50.6 Å². The molecule has 0 amide bonds. The molecule has 1 aromatic carbocycles. The van der Waals surface area contributed by atoms with Crippen LogP contribution in [-0.2, 0) is 0 Å². The zero-order valence-corrected chi connectivity index (χ0v) is 12.5. The molecule has 0 saturated carbocycles. The van der Waals surface area contributed by atoms with E-state index in [9.17, 15) is 4.39 Å². The van der Waals surface area contributed by atoms with Gasteiger partial charge in [-0.1, -0.05) is 38.0 Å². The van der Waals surface area contributed by atoms with Crippen LogP contribution >= 0.6 is 0 Å². The van der Waals surface area contributed by atoms with Gasteiger partial charge in [0, 0.05) is 18.2 Å². The molecule has 0 radical (unpaired) electrons. The fourth-order valence-electron chi connectivity index (χ4n) is 3.26. The van der Waals surface area contributed by atoms with Crippen LogP contribution in [-0.4, -0.2) is 24.5 Å². The maximum atomic E-state index is 13.7. The van der Waals surface area contributed by atoms with Crippen molar-refractivity contribution in [3.63, 3.8) is 0 Å². The molecule has 112 valence electrons. The standard InChI is InChI=1S/C17H27FN2/c1-2-6-14-7-5-11-20(12-10-14)13-17(19)15-8-3-4-9-16(15)18/h3-4,8-9,14,17H,2,5-7,10-13,19H2,1H3. The highest BCUT2D eigenvalue weighted by Crippen LogP contribution is 2.23. The van der Waals surface area contributed by atoms with Crippen molar-refractivity contribution in [3.05, 3.63) is 35.6 Å². The first kappa shape index (κ1) is 15.5. The van der Waals surface area contributed by atoms with Crippen molar-refractivity contribution in [2.45, 2.75) is 45.1 Å². The SMILES string of the molecule is CCCC1CCCN(CC(N)c2ccccc2F)CC1. The van der Waals surface area contributed by atoms with Crippen molar-refractivity contribution >= 4 is 0 Å². The summed E-state index contributed by atoms with van der Waals surface area (Å²) in [5.74, 6) is 0.688. The highest BCUT2D eigenvalue weighted by atomic mass is 19.1. The minimum Gasteiger partial charge on any atom is -0.323 e. The van der Waals surface area contributed by atoms with E-state index in [0.29, 0.717) is 5.56 Å². The third kappa shape index (κ3) is 4.29. The Bertz CT molecular complexity index is 408. The van der Waals surface area contributed by atoms with Crippen LogP contribution in [0.3, 0.4) is 0 Å². The molecule has 1 heterocycles. The lowest BCUT2D eigenvalue weighted by Crippen LogP contribution is -2.33. The van der Waals surface area contributed by atoms with E-state index in [0.717, 1.165) is 25.6 Å². The molecule has 2 nitrogen and oxygen atoms in total. The summed E-state index contributed by atoms with van der Waals surface area (Å²) in [6.45, 7) is 5.23. The van der Waals surface area contributed by atoms with E-state index in [4.69, 9.17) is 5.73 Å². The predicted molar refractivity (Wildman–Crippen MR) is 82.0 cm³/mol. The fraction of sp³-hybridized carbons (Fsp3) is 0.647. The number of likely N-dealkylation sites (tertiary alicyclic amines) is 1. The average molecular weight is 278 g/mol. The average Bonchev–Trinajstić information content (AvgIpc) is 2.65. The first-order valence-corrected chi connectivity index (χ1v) is 7.93. The molecule has 1 fully saturated rings. The first-order chi connectivity index (χ1) is 9.70. The largest absolute Gasteiger partial charge is 0.323 e. The lowest BCUT2D eigenvalue weighted by atomic mass is 9.96. The molecule has 1 aliphatic rings. The quantitative estimate of drug-likeness (QED) is 0.889. The number of rotatable bonds is 5. The molecule has 2 unspecified atom stereocenters. The summed E-state index contributed by atoms with van der Waals surface area (Å²) in [6.07, 6.45) is 6.46. The number of nitrogens with two attached hydrogens (primary N) is 1. The molecule has 0 aromatic heterocycles. The third-order valence-corrected chi connectivity index (χ3v) is 4.40. The summed E-state index contributed by atoms with van der Waals surface area (Å²) in [7, 11) is 0. The van der Waals surface area contributed by atoms with E-state index in [2.05, 4.69) is 11.8 Å². The van der Waals surface area contributed by atoms with E-state index in [1.165, 1.54) is 38.2 Å². The molecule has 2 atom stereocenters. The van der Waals surface area contributed by atoms with Gasteiger partial charge in [-0.15, -0.1) is 0 Å². The molecule has 0 spiro atoms. The van der Waals surface area contributed by atoms with Crippen molar-refractivity contribution in [1.82, 2.24) is 4.90 Å². The van der Waals surface area contributed by atoms with Crippen LogP contribution in [0.2, 0.25) is 0 Å². The van der Waals surface area contributed by atoms with E-state index < -0.39 is 0 Å². The Labute approximate surface area is 122 Å². The zero-order chi connectivity index (χ0) is 14.4. The second kappa shape index (κ2) is 7.75. The first-order valence-electron chi connectivity index (χ1n) is 7.93. The van der Waals surface area contributed by atoms with Gasteiger partial charge in [0.25, 0.3) is 0 Å². The zero-order valence-electron chi connectivity index (χ0n) is 12.5. The normalized spacial score (nSPS) is 22.4. The smallest absolute Gasteiger partial charge is 0.128 e. The molecule has 1 saturated heterocycles. The van der Waals surface area contributed by atoms with Crippen molar-refractivity contribution in [3.8, 4) is 0 Å². The van der Waals surface area contributed by atoms with Gasteiger partial charge in [-0.3, -0.25) is 0 Å². The maximum absolute atomic E-state index is 13.7. The second-order valence-corrected chi connectivity index (χ2v) is 6.01. The number of benzene rings is 1. The lowest BCUT2D eigenvalue weighted by Gasteiger charge is -2.24. The molecular weight excluding hydrogens is 251 g/mol. The van der Waals surface area contributed by atoms with Crippen molar-refractivity contribution < 1.29 is 4.39 Å². The van der Waals surface area contributed by atoms with Gasteiger partial charge in [-0.2, -0.15) is 0 Å². The van der Waals surface area contributed by atoms with Crippen LogP contribution in [0, 0.1) is 11.7 Å². The molecule has 0 bridgehead atoms. The Morgan fingerprint density at radius 1 is 1.30 bits per heavy atom. The van der Waals surface area contributed by atoms with Crippen LogP contribution < -0.4 is 5.73 Å². The van der Waals surface area contributed by atoms with Crippen LogP contribution in [0.15, 0.2) is 24.3 Å². The van der Waals surface area contributed by atoms with Crippen LogP contribution in [0.5, 0.6) is 0 Å².